The van der Waals surface area contributed by atoms with Gasteiger partial charge in [0.25, 0.3) is 15.9 Å². The zero-order valence-electron chi connectivity index (χ0n) is 13.5. The Hall–Kier alpha value is -2.27. The van der Waals surface area contributed by atoms with E-state index in [9.17, 15) is 26.4 Å². The summed E-state index contributed by atoms with van der Waals surface area (Å²) in [6.07, 6.45) is -4.49. The Morgan fingerprint density at radius 1 is 1.23 bits per heavy atom. The van der Waals surface area contributed by atoms with Gasteiger partial charge in [-0.05, 0) is 35.7 Å². The smallest absolute Gasteiger partial charge is 0.405 e. The number of anilines is 1. The Balaban J connectivity index is 1.95. The summed E-state index contributed by atoms with van der Waals surface area (Å²) in [5, 5.41) is 3.34. The normalized spacial score (nSPS) is 11.8. The highest BCUT2D eigenvalue weighted by molar-refractivity contribution is 7.94. The Kier molecular flexibility index (Phi) is 6.13. The van der Waals surface area contributed by atoms with Gasteiger partial charge >= 0.3 is 6.18 Å². The van der Waals surface area contributed by atoms with Gasteiger partial charge < -0.3 is 10.1 Å². The Morgan fingerprint density at radius 2 is 1.88 bits per heavy atom. The number of sulfonamides is 1. The molecule has 6 nitrogen and oxygen atoms in total. The molecule has 0 bridgehead atoms. The fourth-order valence-corrected chi connectivity index (χ4v) is 4.19. The third-order valence-corrected chi connectivity index (χ3v) is 6.32. The summed E-state index contributed by atoms with van der Waals surface area (Å²) in [4.78, 5) is 11.3. The minimum atomic E-state index is -4.49. The third kappa shape index (κ3) is 5.36. The average molecular weight is 408 g/mol. The van der Waals surface area contributed by atoms with Crippen LogP contribution in [0.25, 0.3) is 0 Å². The first kappa shape index (κ1) is 20.0. The van der Waals surface area contributed by atoms with E-state index < -0.39 is 35.3 Å². The molecule has 11 heteroatoms. The molecule has 142 valence electrons. The van der Waals surface area contributed by atoms with Crippen LogP contribution in [-0.2, 0) is 14.8 Å². The van der Waals surface area contributed by atoms with E-state index >= 15 is 0 Å². The lowest BCUT2D eigenvalue weighted by Gasteiger charge is -2.18. The zero-order valence-corrected chi connectivity index (χ0v) is 15.1. The monoisotopic (exact) mass is 408 g/mol. The van der Waals surface area contributed by atoms with Crippen LogP contribution < -0.4 is 14.4 Å². The summed E-state index contributed by atoms with van der Waals surface area (Å²) < 4.78 is 67.2. The fourth-order valence-electron chi connectivity index (χ4n) is 1.84. The van der Waals surface area contributed by atoms with Gasteiger partial charge in [0.1, 0.15) is 16.5 Å². The molecule has 0 fully saturated rings. The Morgan fingerprint density at radius 3 is 2.42 bits per heavy atom. The van der Waals surface area contributed by atoms with Gasteiger partial charge in [-0.25, -0.2) is 8.42 Å². The summed E-state index contributed by atoms with van der Waals surface area (Å²) >= 11 is 1.09. The van der Waals surface area contributed by atoms with Gasteiger partial charge in [0.2, 0.25) is 0 Å². The summed E-state index contributed by atoms with van der Waals surface area (Å²) in [7, 11) is -2.27. The van der Waals surface area contributed by atoms with Crippen molar-refractivity contribution in [1.29, 1.82) is 0 Å². The molecule has 0 saturated heterocycles. The van der Waals surface area contributed by atoms with Crippen LogP contribution in [0.1, 0.15) is 0 Å². The van der Waals surface area contributed by atoms with Crippen LogP contribution in [0, 0.1) is 0 Å². The van der Waals surface area contributed by atoms with E-state index in [2.05, 4.69) is 0 Å². The lowest BCUT2D eigenvalue weighted by Crippen LogP contribution is -2.36. The maximum absolute atomic E-state index is 12.4. The van der Waals surface area contributed by atoms with E-state index in [-0.39, 0.29) is 9.96 Å². The summed E-state index contributed by atoms with van der Waals surface area (Å²) in [6.45, 7) is -2.02. The van der Waals surface area contributed by atoms with Crippen LogP contribution in [-0.4, -0.2) is 40.7 Å². The minimum absolute atomic E-state index is 0.196. The molecule has 1 heterocycles. The zero-order chi connectivity index (χ0) is 19.4. The number of ether oxygens (including phenoxy) is 1. The largest absolute Gasteiger partial charge is 0.484 e. The molecule has 1 amide bonds. The van der Waals surface area contributed by atoms with Crippen molar-refractivity contribution in [2.24, 2.45) is 0 Å². The number of nitrogens with zero attached hydrogens (tertiary/aromatic N) is 1. The van der Waals surface area contributed by atoms with Gasteiger partial charge in [0, 0.05) is 7.05 Å². The maximum Gasteiger partial charge on any atom is 0.405 e. The number of carbonyl (C=O) groups excluding carboxylic acids is 1. The fraction of sp³-hybridized carbons (Fsp3) is 0.267. The van der Waals surface area contributed by atoms with Crippen molar-refractivity contribution in [2.75, 3.05) is 24.5 Å². The standard InChI is InChI=1S/C15H15F3N2O4S2/c1-20(26(22,23)14-3-2-8-25-14)11-4-6-12(7-5-11)24-9-13(21)19-10-15(16,17)18/h2-8H,9-10H2,1H3,(H,19,21). The lowest BCUT2D eigenvalue weighted by atomic mass is 10.3. The number of alkyl halides is 3. The van der Waals surface area contributed by atoms with Crippen LogP contribution in [0.4, 0.5) is 18.9 Å². The number of thiophene rings is 1. The van der Waals surface area contributed by atoms with Gasteiger partial charge in [0.15, 0.2) is 6.61 Å². The minimum Gasteiger partial charge on any atom is -0.484 e. The van der Waals surface area contributed by atoms with Crippen molar-refractivity contribution in [3.05, 3.63) is 41.8 Å². The summed E-state index contributed by atoms with van der Waals surface area (Å²) in [5.74, 6) is -0.693. The van der Waals surface area contributed by atoms with Crippen molar-refractivity contribution >= 4 is 33.0 Å². The van der Waals surface area contributed by atoms with E-state index in [0.717, 1.165) is 15.6 Å². The van der Waals surface area contributed by atoms with Crippen molar-refractivity contribution in [3.63, 3.8) is 0 Å². The van der Waals surface area contributed by atoms with E-state index in [1.54, 1.807) is 16.8 Å². The van der Waals surface area contributed by atoms with Crippen molar-refractivity contribution in [1.82, 2.24) is 5.32 Å². The molecule has 1 aromatic heterocycles. The number of rotatable bonds is 7. The first-order chi connectivity index (χ1) is 12.1. The molecule has 0 saturated carbocycles. The molecule has 1 aromatic carbocycles. The molecule has 0 unspecified atom stereocenters. The number of halogens is 3. The third-order valence-electron chi connectivity index (χ3n) is 3.17. The first-order valence-electron chi connectivity index (χ1n) is 7.18. The highest BCUT2D eigenvalue weighted by Gasteiger charge is 2.27. The SMILES string of the molecule is CN(c1ccc(OCC(=O)NCC(F)(F)F)cc1)S(=O)(=O)c1cccs1. The highest BCUT2D eigenvalue weighted by Crippen LogP contribution is 2.26. The molecule has 0 spiro atoms. The number of amides is 1. The molecular formula is C15H15F3N2O4S2. The molecule has 0 aliphatic carbocycles. The molecule has 0 radical (unpaired) electrons. The average Bonchev–Trinajstić information content (AvgIpc) is 3.12. The highest BCUT2D eigenvalue weighted by atomic mass is 32.2. The Labute approximate surface area is 152 Å². The first-order valence-corrected chi connectivity index (χ1v) is 9.50. The van der Waals surface area contributed by atoms with E-state index in [4.69, 9.17) is 4.74 Å². The second-order valence-corrected chi connectivity index (χ2v) is 8.22. The van der Waals surface area contributed by atoms with Gasteiger partial charge in [-0.15, -0.1) is 11.3 Å². The number of hydrogen-bond donors (Lipinski definition) is 1. The van der Waals surface area contributed by atoms with Gasteiger partial charge in [0.05, 0.1) is 5.69 Å². The number of benzene rings is 1. The molecule has 0 aliphatic rings. The van der Waals surface area contributed by atoms with Crippen LogP contribution in [0.15, 0.2) is 46.0 Å². The van der Waals surface area contributed by atoms with Crippen molar-refractivity contribution in [3.8, 4) is 5.75 Å². The van der Waals surface area contributed by atoms with E-state index in [1.807, 2.05) is 0 Å². The van der Waals surface area contributed by atoms with Crippen LogP contribution >= 0.6 is 11.3 Å². The topological polar surface area (TPSA) is 75.7 Å². The predicted molar refractivity (Wildman–Crippen MR) is 90.9 cm³/mol. The molecule has 2 aromatic rings. The number of nitrogens with one attached hydrogen (secondary N) is 1. The molecule has 2 rings (SSSR count). The van der Waals surface area contributed by atoms with Gasteiger partial charge in [-0.3, -0.25) is 9.10 Å². The number of hydrogen-bond acceptors (Lipinski definition) is 5. The molecule has 0 atom stereocenters. The maximum atomic E-state index is 12.4. The van der Waals surface area contributed by atoms with E-state index in [1.165, 1.54) is 37.4 Å². The van der Waals surface area contributed by atoms with Crippen LogP contribution in [0.5, 0.6) is 5.75 Å². The van der Waals surface area contributed by atoms with Crippen LogP contribution in [0.2, 0.25) is 0 Å². The quantitative estimate of drug-likeness (QED) is 0.764. The van der Waals surface area contributed by atoms with Gasteiger partial charge in [-0.2, -0.15) is 13.2 Å². The summed E-state index contributed by atoms with van der Waals surface area (Å²) in [5.41, 5.74) is 0.368. The predicted octanol–water partition coefficient (Wildman–Crippen LogP) is 2.63. The van der Waals surface area contributed by atoms with Crippen LogP contribution in [0.3, 0.4) is 0 Å². The molecule has 1 N–H and O–H groups in total. The lowest BCUT2D eigenvalue weighted by molar-refractivity contribution is -0.139. The van der Waals surface area contributed by atoms with E-state index in [0.29, 0.717) is 5.69 Å². The second-order valence-electron chi connectivity index (χ2n) is 5.08. The molecule has 26 heavy (non-hydrogen) atoms. The van der Waals surface area contributed by atoms with Gasteiger partial charge in [-0.1, -0.05) is 6.07 Å². The molecular weight excluding hydrogens is 393 g/mol. The number of carbonyl (C=O) groups is 1. The molecule has 0 aliphatic heterocycles. The summed E-state index contributed by atoms with van der Waals surface area (Å²) in [6, 6.07) is 8.90. The Bertz CT molecular complexity index is 835. The second kappa shape index (κ2) is 7.96. The van der Waals surface area contributed by atoms with Crippen molar-refractivity contribution in [2.45, 2.75) is 10.4 Å². The van der Waals surface area contributed by atoms with Crippen molar-refractivity contribution < 1.29 is 31.1 Å².